The zero-order chi connectivity index (χ0) is 14.6. The minimum Gasteiger partial charge on any atom is -0.399 e. The first-order valence-corrected chi connectivity index (χ1v) is 5.20. The summed E-state index contributed by atoms with van der Waals surface area (Å²) in [5, 5.41) is 1.70. The van der Waals surface area contributed by atoms with Gasteiger partial charge in [0.05, 0.1) is 6.42 Å². The van der Waals surface area contributed by atoms with Crippen LogP contribution in [-0.4, -0.2) is 24.5 Å². The van der Waals surface area contributed by atoms with Crippen molar-refractivity contribution in [1.29, 1.82) is 0 Å². The van der Waals surface area contributed by atoms with Crippen LogP contribution in [0.2, 0.25) is 0 Å². The molecular formula is C11H12F3N3O2. The third kappa shape index (κ3) is 4.86. The first-order valence-electron chi connectivity index (χ1n) is 5.20. The van der Waals surface area contributed by atoms with Crippen LogP contribution in [0.1, 0.15) is 15.9 Å². The highest BCUT2D eigenvalue weighted by Gasteiger charge is 2.27. The fourth-order valence-electron chi connectivity index (χ4n) is 1.41. The Morgan fingerprint density at radius 2 is 1.89 bits per heavy atom. The van der Waals surface area contributed by atoms with E-state index in [1.165, 1.54) is 18.2 Å². The molecule has 1 aromatic rings. The van der Waals surface area contributed by atoms with Gasteiger partial charge in [-0.2, -0.15) is 13.2 Å². The van der Waals surface area contributed by atoms with Gasteiger partial charge in [0.15, 0.2) is 0 Å². The Kier molecular flexibility index (Phi) is 4.36. The van der Waals surface area contributed by atoms with Crippen molar-refractivity contribution in [3.63, 3.8) is 0 Å². The van der Waals surface area contributed by atoms with E-state index in [4.69, 9.17) is 11.5 Å². The van der Waals surface area contributed by atoms with E-state index in [1.54, 1.807) is 5.32 Å². The number of halogens is 3. The SMILES string of the molecule is NC(=O)c1cc(N)ccc1CC(=O)NCC(F)(F)F. The maximum atomic E-state index is 11.9. The minimum absolute atomic E-state index is 0.0159. The van der Waals surface area contributed by atoms with E-state index < -0.39 is 24.5 Å². The van der Waals surface area contributed by atoms with Crippen LogP contribution in [0.3, 0.4) is 0 Å². The lowest BCUT2D eigenvalue weighted by Gasteiger charge is -2.10. The van der Waals surface area contributed by atoms with E-state index in [0.29, 0.717) is 0 Å². The Morgan fingerprint density at radius 1 is 1.26 bits per heavy atom. The Balaban J connectivity index is 2.77. The van der Waals surface area contributed by atoms with Crippen molar-refractivity contribution in [2.24, 2.45) is 5.73 Å². The Hall–Kier alpha value is -2.25. The van der Waals surface area contributed by atoms with E-state index >= 15 is 0 Å². The average Bonchev–Trinajstić information content (AvgIpc) is 2.28. The zero-order valence-corrected chi connectivity index (χ0v) is 9.75. The number of nitrogen functional groups attached to an aromatic ring is 1. The third-order valence-electron chi connectivity index (χ3n) is 2.24. The number of hydrogen-bond donors (Lipinski definition) is 3. The van der Waals surface area contributed by atoms with Crippen LogP contribution >= 0.6 is 0 Å². The smallest absolute Gasteiger partial charge is 0.399 e. The molecule has 1 aromatic carbocycles. The molecule has 0 aromatic heterocycles. The molecule has 1 rings (SSSR count). The van der Waals surface area contributed by atoms with E-state index in [0.717, 1.165) is 0 Å². The molecular weight excluding hydrogens is 263 g/mol. The Labute approximate surface area is 106 Å². The van der Waals surface area contributed by atoms with Crippen molar-refractivity contribution < 1.29 is 22.8 Å². The second-order valence-corrected chi connectivity index (χ2v) is 3.85. The van der Waals surface area contributed by atoms with E-state index in [-0.39, 0.29) is 23.2 Å². The van der Waals surface area contributed by atoms with E-state index in [2.05, 4.69) is 0 Å². The van der Waals surface area contributed by atoms with Crippen molar-refractivity contribution in [3.8, 4) is 0 Å². The monoisotopic (exact) mass is 275 g/mol. The number of amides is 2. The van der Waals surface area contributed by atoms with Crippen molar-refractivity contribution in [2.75, 3.05) is 12.3 Å². The van der Waals surface area contributed by atoms with Gasteiger partial charge in [0.2, 0.25) is 11.8 Å². The largest absolute Gasteiger partial charge is 0.405 e. The van der Waals surface area contributed by atoms with Gasteiger partial charge in [-0.05, 0) is 17.7 Å². The molecule has 0 aliphatic heterocycles. The number of rotatable bonds is 4. The van der Waals surface area contributed by atoms with Crippen LogP contribution in [0, 0.1) is 0 Å². The quantitative estimate of drug-likeness (QED) is 0.701. The van der Waals surface area contributed by atoms with Crippen molar-refractivity contribution in [3.05, 3.63) is 29.3 Å². The van der Waals surface area contributed by atoms with Gasteiger partial charge in [-0.25, -0.2) is 0 Å². The summed E-state index contributed by atoms with van der Waals surface area (Å²) in [6.07, 6.45) is -4.86. The number of nitrogens with two attached hydrogens (primary N) is 2. The maximum Gasteiger partial charge on any atom is 0.405 e. The molecule has 0 saturated heterocycles. The summed E-state index contributed by atoms with van der Waals surface area (Å²) in [7, 11) is 0. The zero-order valence-electron chi connectivity index (χ0n) is 9.75. The van der Waals surface area contributed by atoms with Crippen molar-refractivity contribution in [2.45, 2.75) is 12.6 Å². The molecule has 8 heteroatoms. The highest BCUT2D eigenvalue weighted by Crippen LogP contribution is 2.15. The number of alkyl halides is 3. The predicted octanol–water partition coefficient (Wildman–Crippen LogP) is 0.589. The third-order valence-corrected chi connectivity index (χ3v) is 2.24. The maximum absolute atomic E-state index is 11.9. The molecule has 104 valence electrons. The summed E-state index contributed by atoms with van der Waals surface area (Å²) in [6.45, 7) is -1.42. The lowest BCUT2D eigenvalue weighted by molar-refractivity contribution is -0.138. The molecule has 0 fully saturated rings. The second-order valence-electron chi connectivity index (χ2n) is 3.85. The summed E-state index contributed by atoms with van der Waals surface area (Å²) in [5.74, 6) is -1.66. The van der Waals surface area contributed by atoms with Gasteiger partial charge < -0.3 is 16.8 Å². The van der Waals surface area contributed by atoms with Crippen LogP contribution < -0.4 is 16.8 Å². The summed E-state index contributed by atoms with van der Waals surface area (Å²) in [6, 6.07) is 4.08. The summed E-state index contributed by atoms with van der Waals surface area (Å²) >= 11 is 0. The van der Waals surface area contributed by atoms with E-state index in [1.807, 2.05) is 0 Å². The number of primary amides is 1. The molecule has 19 heavy (non-hydrogen) atoms. The van der Waals surface area contributed by atoms with E-state index in [9.17, 15) is 22.8 Å². The van der Waals surface area contributed by atoms with Crippen molar-refractivity contribution in [1.82, 2.24) is 5.32 Å². The molecule has 0 saturated carbocycles. The van der Waals surface area contributed by atoms with Crippen LogP contribution in [-0.2, 0) is 11.2 Å². The molecule has 0 unspecified atom stereocenters. The fourth-order valence-corrected chi connectivity index (χ4v) is 1.41. The highest BCUT2D eigenvalue weighted by atomic mass is 19.4. The molecule has 2 amide bonds. The molecule has 0 radical (unpaired) electrons. The van der Waals surface area contributed by atoms with Crippen LogP contribution in [0.5, 0.6) is 0 Å². The van der Waals surface area contributed by atoms with Gasteiger partial charge in [0.1, 0.15) is 6.54 Å². The fraction of sp³-hybridized carbons (Fsp3) is 0.273. The normalized spacial score (nSPS) is 11.1. The van der Waals surface area contributed by atoms with Gasteiger partial charge in [0, 0.05) is 11.3 Å². The summed E-state index contributed by atoms with van der Waals surface area (Å²) < 4.78 is 35.7. The van der Waals surface area contributed by atoms with Crippen LogP contribution in [0.25, 0.3) is 0 Å². The molecule has 0 spiro atoms. The minimum atomic E-state index is -4.48. The summed E-state index contributed by atoms with van der Waals surface area (Å²) in [4.78, 5) is 22.5. The molecule has 5 nitrogen and oxygen atoms in total. The van der Waals surface area contributed by atoms with Crippen LogP contribution in [0.15, 0.2) is 18.2 Å². The number of nitrogens with one attached hydrogen (secondary N) is 1. The standard InChI is InChI=1S/C11H12F3N3O2/c12-11(13,14)5-17-9(18)3-6-1-2-7(15)4-8(6)10(16)19/h1-2,4H,3,5,15H2,(H2,16,19)(H,17,18). The molecule has 0 heterocycles. The topological polar surface area (TPSA) is 98.2 Å². The second kappa shape index (κ2) is 5.59. The first kappa shape index (κ1) is 14.8. The molecule has 0 aliphatic carbocycles. The number of carbonyl (C=O) groups is 2. The number of anilines is 1. The van der Waals surface area contributed by atoms with Crippen molar-refractivity contribution >= 4 is 17.5 Å². The lowest BCUT2D eigenvalue weighted by atomic mass is 10.0. The number of benzene rings is 1. The van der Waals surface area contributed by atoms with Crippen LogP contribution in [0.4, 0.5) is 18.9 Å². The van der Waals surface area contributed by atoms with Gasteiger partial charge in [0.25, 0.3) is 0 Å². The number of hydrogen-bond acceptors (Lipinski definition) is 3. The lowest BCUT2D eigenvalue weighted by Crippen LogP contribution is -2.35. The average molecular weight is 275 g/mol. The van der Waals surface area contributed by atoms with Gasteiger partial charge in [-0.1, -0.05) is 6.07 Å². The first-order chi connectivity index (χ1) is 8.69. The summed E-state index contributed by atoms with van der Waals surface area (Å²) in [5.41, 5.74) is 11.1. The Bertz CT molecular complexity index is 500. The Morgan fingerprint density at radius 3 is 2.42 bits per heavy atom. The van der Waals surface area contributed by atoms with Gasteiger partial charge >= 0.3 is 6.18 Å². The molecule has 0 atom stereocenters. The van der Waals surface area contributed by atoms with Gasteiger partial charge in [-0.3, -0.25) is 9.59 Å². The molecule has 5 N–H and O–H groups in total. The molecule has 0 bridgehead atoms. The molecule has 0 aliphatic rings. The van der Waals surface area contributed by atoms with Gasteiger partial charge in [-0.15, -0.1) is 0 Å². The predicted molar refractivity (Wildman–Crippen MR) is 62.1 cm³/mol. The highest BCUT2D eigenvalue weighted by molar-refractivity contribution is 5.96. The number of carbonyl (C=O) groups excluding carboxylic acids is 2.